The molecule has 2 aromatic rings. The zero-order valence-electron chi connectivity index (χ0n) is 11.6. The van der Waals surface area contributed by atoms with Gasteiger partial charge in [0, 0.05) is 16.6 Å². The van der Waals surface area contributed by atoms with E-state index in [0.717, 1.165) is 24.0 Å². The number of hydrogen-bond acceptors (Lipinski definition) is 1. The third kappa shape index (κ3) is 3.73. The molecule has 106 valence electrons. The van der Waals surface area contributed by atoms with Crippen LogP contribution >= 0.6 is 11.6 Å². The van der Waals surface area contributed by atoms with Crippen molar-refractivity contribution in [1.29, 1.82) is 0 Å². The van der Waals surface area contributed by atoms with Gasteiger partial charge in [-0.15, -0.1) is 0 Å². The van der Waals surface area contributed by atoms with Crippen molar-refractivity contribution in [3.8, 4) is 0 Å². The van der Waals surface area contributed by atoms with Crippen LogP contribution in [0.25, 0.3) is 11.6 Å². The van der Waals surface area contributed by atoms with E-state index >= 15 is 0 Å². The first-order chi connectivity index (χ1) is 10.2. The van der Waals surface area contributed by atoms with E-state index in [1.165, 1.54) is 0 Å². The summed E-state index contributed by atoms with van der Waals surface area (Å²) in [5.74, 6) is -0.0244. The molecule has 0 radical (unpaired) electrons. The lowest BCUT2D eigenvalue weighted by molar-refractivity contribution is -0.115. The molecule has 2 nitrogen and oxygen atoms in total. The number of carbonyl (C=O) groups excluding carboxylic acids is 1. The molecule has 1 aliphatic carbocycles. The minimum atomic E-state index is -0.0244. The normalized spacial score (nSPS) is 14.8. The molecular weight excluding hydrogens is 282 g/mol. The molecule has 0 bridgehead atoms. The van der Waals surface area contributed by atoms with Crippen LogP contribution in [-0.4, -0.2) is 11.9 Å². The van der Waals surface area contributed by atoms with Gasteiger partial charge in [-0.2, -0.15) is 0 Å². The molecule has 21 heavy (non-hydrogen) atoms. The summed E-state index contributed by atoms with van der Waals surface area (Å²) in [4.78, 5) is 12.5. The van der Waals surface area contributed by atoms with E-state index in [1.54, 1.807) is 12.1 Å². The van der Waals surface area contributed by atoms with Crippen molar-refractivity contribution in [2.45, 2.75) is 18.9 Å². The summed E-state index contributed by atoms with van der Waals surface area (Å²) in [5, 5.41) is 3.71. The standard InChI is InChI=1S/C18H16ClNO/c19-15-8-6-14(7-9-15)17(18(21)20-16-10-11-16)12-13-4-2-1-3-5-13/h1-9,12,16H,10-11H2,(H,20,21)/b17-12+. The maximum absolute atomic E-state index is 12.5. The lowest BCUT2D eigenvalue weighted by atomic mass is 10.0. The Hall–Kier alpha value is -2.06. The molecule has 0 aromatic heterocycles. The molecule has 0 aliphatic heterocycles. The van der Waals surface area contributed by atoms with Crippen LogP contribution in [0, 0.1) is 0 Å². The Balaban J connectivity index is 1.95. The molecule has 3 rings (SSSR count). The highest BCUT2D eigenvalue weighted by molar-refractivity contribution is 6.31. The van der Waals surface area contributed by atoms with Gasteiger partial charge >= 0.3 is 0 Å². The fourth-order valence-electron chi connectivity index (χ4n) is 2.12. The van der Waals surface area contributed by atoms with E-state index in [4.69, 9.17) is 11.6 Å². The molecule has 1 saturated carbocycles. The molecule has 0 saturated heterocycles. The van der Waals surface area contributed by atoms with E-state index in [-0.39, 0.29) is 5.91 Å². The Kier molecular flexibility index (Phi) is 4.07. The maximum atomic E-state index is 12.5. The zero-order valence-corrected chi connectivity index (χ0v) is 12.3. The first-order valence-corrected chi connectivity index (χ1v) is 7.44. The number of rotatable bonds is 4. The van der Waals surface area contributed by atoms with E-state index in [2.05, 4.69) is 5.32 Å². The summed E-state index contributed by atoms with van der Waals surface area (Å²) < 4.78 is 0. The lowest BCUT2D eigenvalue weighted by Crippen LogP contribution is -2.26. The molecule has 1 fully saturated rings. The Morgan fingerprint density at radius 2 is 1.71 bits per heavy atom. The predicted octanol–water partition coefficient (Wildman–Crippen LogP) is 4.16. The maximum Gasteiger partial charge on any atom is 0.252 e. The first kappa shape index (κ1) is 13.9. The van der Waals surface area contributed by atoms with Crippen LogP contribution in [0.4, 0.5) is 0 Å². The van der Waals surface area contributed by atoms with Gasteiger partial charge in [0.2, 0.25) is 0 Å². The third-order valence-corrected chi connectivity index (χ3v) is 3.67. The fraction of sp³-hybridized carbons (Fsp3) is 0.167. The highest BCUT2D eigenvalue weighted by atomic mass is 35.5. The monoisotopic (exact) mass is 297 g/mol. The smallest absolute Gasteiger partial charge is 0.252 e. The van der Waals surface area contributed by atoms with Crippen LogP contribution in [0.2, 0.25) is 5.02 Å². The Morgan fingerprint density at radius 1 is 1.05 bits per heavy atom. The van der Waals surface area contributed by atoms with E-state index in [1.807, 2.05) is 48.5 Å². The van der Waals surface area contributed by atoms with Crippen molar-refractivity contribution < 1.29 is 4.79 Å². The fourth-order valence-corrected chi connectivity index (χ4v) is 2.24. The number of halogens is 1. The van der Waals surface area contributed by atoms with Gasteiger partial charge in [0.15, 0.2) is 0 Å². The highest BCUT2D eigenvalue weighted by Gasteiger charge is 2.25. The second kappa shape index (κ2) is 6.15. The lowest BCUT2D eigenvalue weighted by Gasteiger charge is -2.09. The van der Waals surface area contributed by atoms with Gasteiger partial charge < -0.3 is 5.32 Å². The Morgan fingerprint density at radius 3 is 2.33 bits per heavy atom. The average molecular weight is 298 g/mol. The van der Waals surface area contributed by atoms with Gasteiger partial charge in [-0.05, 0) is 42.2 Å². The third-order valence-electron chi connectivity index (χ3n) is 3.42. The number of carbonyl (C=O) groups is 1. The molecule has 1 aliphatic rings. The van der Waals surface area contributed by atoms with Crippen LogP contribution in [0.15, 0.2) is 54.6 Å². The molecule has 0 heterocycles. The van der Waals surface area contributed by atoms with E-state index in [0.29, 0.717) is 16.6 Å². The van der Waals surface area contributed by atoms with Gasteiger partial charge in [0.1, 0.15) is 0 Å². The summed E-state index contributed by atoms with van der Waals surface area (Å²) >= 11 is 5.93. The van der Waals surface area contributed by atoms with Gasteiger partial charge in [-0.25, -0.2) is 0 Å². The largest absolute Gasteiger partial charge is 0.349 e. The van der Waals surface area contributed by atoms with Crippen molar-refractivity contribution in [3.05, 3.63) is 70.7 Å². The topological polar surface area (TPSA) is 29.1 Å². The SMILES string of the molecule is O=C(NC1CC1)/C(=C/c1ccccc1)c1ccc(Cl)cc1. The minimum Gasteiger partial charge on any atom is -0.349 e. The Labute approximate surface area is 129 Å². The first-order valence-electron chi connectivity index (χ1n) is 7.06. The summed E-state index contributed by atoms with van der Waals surface area (Å²) in [6, 6.07) is 17.6. The van der Waals surface area contributed by atoms with Crippen LogP contribution in [0.5, 0.6) is 0 Å². The van der Waals surface area contributed by atoms with E-state index in [9.17, 15) is 4.79 Å². The minimum absolute atomic E-state index is 0.0244. The summed E-state index contributed by atoms with van der Waals surface area (Å²) in [7, 11) is 0. The van der Waals surface area contributed by atoms with Crippen LogP contribution in [0.1, 0.15) is 24.0 Å². The van der Waals surface area contributed by atoms with Gasteiger partial charge in [0.25, 0.3) is 5.91 Å². The predicted molar refractivity (Wildman–Crippen MR) is 86.9 cm³/mol. The van der Waals surface area contributed by atoms with Crippen LogP contribution in [-0.2, 0) is 4.79 Å². The molecular formula is C18H16ClNO. The Bertz CT molecular complexity index is 657. The number of nitrogens with one attached hydrogen (secondary N) is 1. The van der Waals surface area contributed by atoms with Crippen molar-refractivity contribution >= 4 is 29.2 Å². The van der Waals surface area contributed by atoms with Gasteiger partial charge in [-0.3, -0.25) is 4.79 Å². The summed E-state index contributed by atoms with van der Waals surface area (Å²) in [6.45, 7) is 0. The van der Waals surface area contributed by atoms with Crippen LogP contribution < -0.4 is 5.32 Å². The van der Waals surface area contributed by atoms with E-state index < -0.39 is 0 Å². The zero-order chi connectivity index (χ0) is 14.7. The van der Waals surface area contributed by atoms with Gasteiger partial charge in [0.05, 0.1) is 0 Å². The van der Waals surface area contributed by atoms with Gasteiger partial charge in [-0.1, -0.05) is 54.1 Å². The molecule has 3 heteroatoms. The quantitative estimate of drug-likeness (QED) is 0.666. The molecule has 0 spiro atoms. The van der Waals surface area contributed by atoms with Crippen LogP contribution in [0.3, 0.4) is 0 Å². The number of amides is 1. The molecule has 1 amide bonds. The second-order valence-electron chi connectivity index (χ2n) is 5.22. The summed E-state index contributed by atoms with van der Waals surface area (Å²) in [5.41, 5.74) is 2.56. The average Bonchev–Trinajstić information content (AvgIpc) is 3.31. The number of benzene rings is 2. The molecule has 0 unspecified atom stereocenters. The number of hydrogen-bond donors (Lipinski definition) is 1. The van der Waals surface area contributed by atoms with Crippen molar-refractivity contribution in [2.24, 2.45) is 0 Å². The van der Waals surface area contributed by atoms with Crippen molar-refractivity contribution in [1.82, 2.24) is 5.32 Å². The molecule has 0 atom stereocenters. The second-order valence-corrected chi connectivity index (χ2v) is 5.66. The molecule has 1 N–H and O–H groups in total. The van der Waals surface area contributed by atoms with Crippen molar-refractivity contribution in [3.63, 3.8) is 0 Å². The summed E-state index contributed by atoms with van der Waals surface area (Å²) in [6.07, 6.45) is 4.07. The van der Waals surface area contributed by atoms with Crippen molar-refractivity contribution in [2.75, 3.05) is 0 Å². The highest BCUT2D eigenvalue weighted by Crippen LogP contribution is 2.24. The molecule has 2 aromatic carbocycles.